The van der Waals surface area contributed by atoms with Gasteiger partial charge in [-0.05, 0) is 67.2 Å². The lowest BCUT2D eigenvalue weighted by Crippen LogP contribution is -2.49. The highest BCUT2D eigenvalue weighted by molar-refractivity contribution is 5.74. The first-order valence-electron chi connectivity index (χ1n) is 9.99. The molecule has 0 aliphatic carbocycles. The molecule has 2 fully saturated rings. The normalized spacial score (nSPS) is 23.1. The fourth-order valence-corrected chi connectivity index (χ4v) is 4.29. The van der Waals surface area contributed by atoms with Crippen molar-refractivity contribution in [2.75, 3.05) is 60.5 Å². The van der Waals surface area contributed by atoms with Crippen LogP contribution in [0.4, 0.5) is 4.79 Å². The molecule has 1 amide bonds. The van der Waals surface area contributed by atoms with Crippen molar-refractivity contribution in [3.8, 4) is 0 Å². The largest absolute Gasteiger partial charge is 0.469 e. The van der Waals surface area contributed by atoms with Gasteiger partial charge in [-0.2, -0.15) is 0 Å². The molecule has 156 valence electrons. The molecule has 2 aliphatic rings. The zero-order valence-corrected chi connectivity index (χ0v) is 17.9. The van der Waals surface area contributed by atoms with Gasteiger partial charge in [-0.25, -0.2) is 4.79 Å². The molecule has 2 saturated heterocycles. The van der Waals surface area contributed by atoms with Crippen molar-refractivity contribution in [3.63, 3.8) is 0 Å². The van der Waals surface area contributed by atoms with Crippen molar-refractivity contribution in [2.45, 2.75) is 45.6 Å². The Labute approximate surface area is 163 Å². The molecule has 2 heterocycles. The van der Waals surface area contributed by atoms with Crippen molar-refractivity contribution in [1.29, 1.82) is 0 Å². The average Bonchev–Trinajstić information content (AvgIpc) is 2.91. The molecule has 27 heavy (non-hydrogen) atoms. The van der Waals surface area contributed by atoms with Crippen LogP contribution in [0.1, 0.15) is 40.0 Å². The van der Waals surface area contributed by atoms with E-state index in [2.05, 4.69) is 23.9 Å². The SMILES string of the molecule is COC(=O)C1CN(CCCN(C)C)CC12CCN(C(=O)OC(C)(C)C)CC2. The van der Waals surface area contributed by atoms with E-state index in [1.54, 1.807) is 4.90 Å². The van der Waals surface area contributed by atoms with E-state index in [1.807, 2.05) is 20.8 Å². The van der Waals surface area contributed by atoms with Crippen LogP contribution in [0.2, 0.25) is 0 Å². The fraction of sp³-hybridized carbons (Fsp3) is 0.900. The third-order valence-electron chi connectivity index (χ3n) is 5.69. The molecule has 7 nitrogen and oxygen atoms in total. The van der Waals surface area contributed by atoms with Gasteiger partial charge in [-0.1, -0.05) is 0 Å². The van der Waals surface area contributed by atoms with Crippen LogP contribution in [0.3, 0.4) is 0 Å². The average molecular weight is 384 g/mol. The summed E-state index contributed by atoms with van der Waals surface area (Å²) in [4.78, 5) is 31.2. The van der Waals surface area contributed by atoms with E-state index < -0.39 is 5.60 Å². The van der Waals surface area contributed by atoms with Crippen LogP contribution in [-0.2, 0) is 14.3 Å². The molecule has 0 bridgehead atoms. The number of esters is 1. The number of carbonyl (C=O) groups is 2. The Morgan fingerprint density at radius 3 is 2.33 bits per heavy atom. The van der Waals surface area contributed by atoms with Gasteiger partial charge in [-0.3, -0.25) is 4.79 Å². The molecule has 0 N–H and O–H groups in total. The molecule has 2 rings (SSSR count). The van der Waals surface area contributed by atoms with Crippen LogP contribution in [0.25, 0.3) is 0 Å². The number of likely N-dealkylation sites (tertiary alicyclic amines) is 2. The van der Waals surface area contributed by atoms with Gasteiger partial charge < -0.3 is 24.2 Å². The first-order chi connectivity index (χ1) is 12.6. The number of amides is 1. The standard InChI is InChI=1S/C20H37N3O4/c1-19(2,3)27-18(25)23-12-8-20(9-13-23)15-22(11-7-10-21(4)5)14-16(20)17(24)26-6/h16H,7-15H2,1-6H3. The summed E-state index contributed by atoms with van der Waals surface area (Å²) in [5, 5.41) is 0. The van der Waals surface area contributed by atoms with Crippen molar-refractivity contribution < 1.29 is 19.1 Å². The van der Waals surface area contributed by atoms with Crippen LogP contribution in [-0.4, -0.2) is 92.8 Å². The van der Waals surface area contributed by atoms with Crippen LogP contribution >= 0.6 is 0 Å². The second-order valence-corrected chi connectivity index (χ2v) is 9.30. The van der Waals surface area contributed by atoms with Gasteiger partial charge in [0.05, 0.1) is 13.0 Å². The maximum Gasteiger partial charge on any atom is 0.410 e. The summed E-state index contributed by atoms with van der Waals surface area (Å²) in [6, 6.07) is 0. The summed E-state index contributed by atoms with van der Waals surface area (Å²) in [6.07, 6.45) is 2.46. The number of carbonyl (C=O) groups excluding carboxylic acids is 2. The number of rotatable bonds is 5. The summed E-state index contributed by atoms with van der Waals surface area (Å²) in [6.45, 7) is 10.6. The minimum absolute atomic E-state index is 0.0935. The highest BCUT2D eigenvalue weighted by atomic mass is 16.6. The summed E-state index contributed by atoms with van der Waals surface area (Å²) in [5.74, 6) is -0.224. The molecule has 0 aromatic heterocycles. The molecule has 0 saturated carbocycles. The summed E-state index contributed by atoms with van der Waals surface area (Å²) in [7, 11) is 5.63. The third kappa shape index (κ3) is 5.82. The number of piperidine rings is 1. The predicted octanol–water partition coefficient (Wildman–Crippen LogP) is 2.06. The molecule has 1 atom stereocenters. The van der Waals surface area contributed by atoms with Crippen LogP contribution in [0, 0.1) is 11.3 Å². The van der Waals surface area contributed by atoms with Crippen molar-refractivity contribution in [1.82, 2.24) is 14.7 Å². The number of methoxy groups -OCH3 is 1. The molecular formula is C20H37N3O4. The lowest BCUT2D eigenvalue weighted by Gasteiger charge is -2.42. The van der Waals surface area contributed by atoms with Gasteiger partial charge in [0.1, 0.15) is 5.60 Å². The van der Waals surface area contributed by atoms with E-state index in [-0.39, 0.29) is 23.4 Å². The fourth-order valence-electron chi connectivity index (χ4n) is 4.29. The smallest absolute Gasteiger partial charge is 0.410 e. The summed E-state index contributed by atoms with van der Waals surface area (Å²) >= 11 is 0. The Morgan fingerprint density at radius 1 is 1.19 bits per heavy atom. The monoisotopic (exact) mass is 383 g/mol. The Kier molecular flexibility index (Phi) is 7.14. The van der Waals surface area contributed by atoms with Crippen LogP contribution in [0.15, 0.2) is 0 Å². The second-order valence-electron chi connectivity index (χ2n) is 9.30. The van der Waals surface area contributed by atoms with Gasteiger partial charge in [0.2, 0.25) is 0 Å². The van der Waals surface area contributed by atoms with Crippen molar-refractivity contribution >= 4 is 12.1 Å². The van der Waals surface area contributed by atoms with Gasteiger partial charge >= 0.3 is 12.1 Å². The Bertz CT molecular complexity index is 522. The van der Waals surface area contributed by atoms with Gasteiger partial charge in [0.15, 0.2) is 0 Å². The number of ether oxygens (including phenoxy) is 2. The third-order valence-corrected chi connectivity index (χ3v) is 5.69. The minimum Gasteiger partial charge on any atom is -0.469 e. The van der Waals surface area contributed by atoms with Crippen LogP contribution < -0.4 is 0 Å². The predicted molar refractivity (Wildman–Crippen MR) is 105 cm³/mol. The quantitative estimate of drug-likeness (QED) is 0.677. The maximum atomic E-state index is 12.5. The lowest BCUT2D eigenvalue weighted by molar-refractivity contribution is -0.149. The maximum absolute atomic E-state index is 12.5. The molecule has 2 aliphatic heterocycles. The van der Waals surface area contributed by atoms with Crippen molar-refractivity contribution in [3.05, 3.63) is 0 Å². The number of nitrogens with zero attached hydrogens (tertiary/aromatic N) is 3. The number of hydrogen-bond acceptors (Lipinski definition) is 6. The first kappa shape index (κ1) is 22.0. The highest BCUT2D eigenvalue weighted by Crippen LogP contribution is 2.45. The van der Waals surface area contributed by atoms with Crippen molar-refractivity contribution in [2.24, 2.45) is 11.3 Å². The van der Waals surface area contributed by atoms with E-state index in [0.29, 0.717) is 13.1 Å². The van der Waals surface area contributed by atoms with Gasteiger partial charge in [-0.15, -0.1) is 0 Å². The van der Waals surface area contributed by atoms with E-state index in [4.69, 9.17) is 9.47 Å². The number of hydrogen-bond donors (Lipinski definition) is 0. The van der Waals surface area contributed by atoms with E-state index in [1.165, 1.54) is 7.11 Å². The molecule has 1 spiro atoms. The molecule has 1 unspecified atom stereocenters. The molecule has 0 aromatic rings. The zero-order valence-electron chi connectivity index (χ0n) is 17.9. The van der Waals surface area contributed by atoms with E-state index in [0.717, 1.165) is 45.4 Å². The highest BCUT2D eigenvalue weighted by Gasteiger charge is 2.52. The Morgan fingerprint density at radius 2 is 1.81 bits per heavy atom. The molecule has 7 heteroatoms. The van der Waals surface area contributed by atoms with Gasteiger partial charge in [0, 0.05) is 31.6 Å². The van der Waals surface area contributed by atoms with E-state index in [9.17, 15) is 9.59 Å². The Hall–Kier alpha value is -1.34. The van der Waals surface area contributed by atoms with E-state index >= 15 is 0 Å². The topological polar surface area (TPSA) is 62.3 Å². The molecular weight excluding hydrogens is 346 g/mol. The molecule has 0 radical (unpaired) electrons. The lowest BCUT2D eigenvalue weighted by atomic mass is 9.71. The minimum atomic E-state index is -0.489. The summed E-state index contributed by atoms with van der Waals surface area (Å²) < 4.78 is 10.6. The summed E-state index contributed by atoms with van der Waals surface area (Å²) in [5.41, 5.74) is -0.582. The Balaban J connectivity index is 1.99. The molecule has 0 aromatic carbocycles. The second kappa shape index (κ2) is 8.78. The van der Waals surface area contributed by atoms with Gasteiger partial charge in [0.25, 0.3) is 0 Å². The zero-order chi connectivity index (χ0) is 20.2. The first-order valence-corrected chi connectivity index (χ1v) is 9.99. The van der Waals surface area contributed by atoms with Crippen LogP contribution in [0.5, 0.6) is 0 Å².